The van der Waals surface area contributed by atoms with Gasteiger partial charge in [0.05, 0.1) is 5.52 Å². The van der Waals surface area contributed by atoms with Gasteiger partial charge in [0.1, 0.15) is 5.15 Å². The van der Waals surface area contributed by atoms with Gasteiger partial charge in [0.15, 0.2) is 0 Å². The van der Waals surface area contributed by atoms with Gasteiger partial charge in [-0.2, -0.15) is 0 Å². The molecular formula is C28H16Cl2N2. The first-order valence-corrected chi connectivity index (χ1v) is 11.1. The fourth-order valence-corrected chi connectivity index (χ4v) is 4.72. The smallest absolute Gasteiger partial charge is 0.217 e. The predicted molar refractivity (Wildman–Crippen MR) is 135 cm³/mol. The van der Waals surface area contributed by atoms with Crippen LogP contribution >= 0.6 is 23.2 Å². The summed E-state index contributed by atoms with van der Waals surface area (Å²) < 4.78 is 0. The first-order valence-electron chi connectivity index (χ1n) is 10.3. The second-order valence-corrected chi connectivity index (χ2v) is 8.52. The zero-order valence-electron chi connectivity index (χ0n) is 16.9. The molecule has 0 spiro atoms. The minimum Gasteiger partial charge on any atom is -0.217 e. The second kappa shape index (κ2) is 7.59. The molecule has 0 saturated carbocycles. The average molecular weight is 451 g/mol. The van der Waals surface area contributed by atoms with Crippen LogP contribution in [0.2, 0.25) is 10.4 Å². The molecule has 1 aromatic heterocycles. The Balaban J connectivity index is 1.65. The fraction of sp³-hybridized carbons (Fsp3) is 0. The summed E-state index contributed by atoms with van der Waals surface area (Å²) >= 11 is 12.7. The summed E-state index contributed by atoms with van der Waals surface area (Å²) in [6, 6.07) is 33.8. The molecule has 1 heterocycles. The molecule has 0 fully saturated rings. The first-order chi connectivity index (χ1) is 15.7. The van der Waals surface area contributed by atoms with Gasteiger partial charge in [-0.25, -0.2) is 9.97 Å². The summed E-state index contributed by atoms with van der Waals surface area (Å²) in [5, 5.41) is 6.03. The number of benzene rings is 5. The van der Waals surface area contributed by atoms with E-state index in [9.17, 15) is 0 Å². The number of aromatic nitrogens is 2. The van der Waals surface area contributed by atoms with Gasteiger partial charge in [0.2, 0.25) is 5.28 Å². The van der Waals surface area contributed by atoms with E-state index in [2.05, 4.69) is 88.8 Å². The van der Waals surface area contributed by atoms with E-state index in [4.69, 9.17) is 23.2 Å². The lowest BCUT2D eigenvalue weighted by atomic mass is 9.94. The van der Waals surface area contributed by atoms with Gasteiger partial charge in [-0.15, -0.1) is 0 Å². The van der Waals surface area contributed by atoms with Gasteiger partial charge in [-0.05, 0) is 74.1 Å². The Kier molecular flexibility index (Phi) is 4.57. The summed E-state index contributed by atoms with van der Waals surface area (Å²) in [5.41, 5.74) is 4.94. The van der Waals surface area contributed by atoms with Crippen LogP contribution in [0.3, 0.4) is 0 Å². The molecule has 0 atom stereocenters. The predicted octanol–water partition coefficient (Wildman–Crippen LogP) is 8.58. The monoisotopic (exact) mass is 450 g/mol. The van der Waals surface area contributed by atoms with Crippen molar-refractivity contribution in [3.63, 3.8) is 0 Å². The van der Waals surface area contributed by atoms with Gasteiger partial charge in [0, 0.05) is 10.9 Å². The fourth-order valence-electron chi connectivity index (χ4n) is 4.28. The molecule has 0 N–H and O–H groups in total. The van der Waals surface area contributed by atoms with E-state index in [0.717, 1.165) is 33.2 Å². The third-order valence-electron chi connectivity index (χ3n) is 5.87. The Morgan fingerprint density at radius 2 is 1.09 bits per heavy atom. The number of hydrogen-bond acceptors (Lipinski definition) is 2. The standard InChI is InChI=1S/C28H16Cl2N2/c29-27-25-16-23(21-11-9-17-5-1-3-7-19(17)13-21)15-24(26(25)31-28(30)32-27)22-12-10-18-6-2-4-8-20(18)14-22/h1-16H. The molecule has 0 saturated heterocycles. The first kappa shape index (κ1) is 19.2. The number of fused-ring (bicyclic) bond motifs is 3. The van der Waals surface area contributed by atoms with E-state index in [1.54, 1.807) is 0 Å². The maximum atomic E-state index is 6.54. The van der Waals surface area contributed by atoms with E-state index in [1.807, 2.05) is 18.2 Å². The zero-order chi connectivity index (χ0) is 21.7. The molecule has 6 rings (SSSR count). The average Bonchev–Trinajstić information content (AvgIpc) is 2.83. The minimum absolute atomic E-state index is 0.142. The Morgan fingerprint density at radius 3 is 1.78 bits per heavy atom. The minimum atomic E-state index is 0.142. The van der Waals surface area contributed by atoms with Crippen LogP contribution in [0.25, 0.3) is 54.7 Å². The molecule has 0 radical (unpaired) electrons. The third-order valence-corrected chi connectivity index (χ3v) is 6.33. The third kappa shape index (κ3) is 3.29. The number of hydrogen-bond donors (Lipinski definition) is 0. The van der Waals surface area contributed by atoms with Gasteiger partial charge >= 0.3 is 0 Å². The highest BCUT2D eigenvalue weighted by molar-refractivity contribution is 6.36. The molecular weight excluding hydrogens is 435 g/mol. The maximum Gasteiger partial charge on any atom is 0.224 e. The zero-order valence-corrected chi connectivity index (χ0v) is 18.4. The van der Waals surface area contributed by atoms with Crippen molar-refractivity contribution in [2.45, 2.75) is 0 Å². The Hall–Kier alpha value is -3.46. The van der Waals surface area contributed by atoms with Crippen LogP contribution in [0.1, 0.15) is 0 Å². The highest BCUT2D eigenvalue weighted by Gasteiger charge is 2.14. The molecule has 4 heteroatoms. The lowest BCUT2D eigenvalue weighted by Gasteiger charge is -2.13. The highest BCUT2D eigenvalue weighted by atomic mass is 35.5. The topological polar surface area (TPSA) is 25.8 Å². The summed E-state index contributed by atoms with van der Waals surface area (Å²) in [5.74, 6) is 0. The summed E-state index contributed by atoms with van der Waals surface area (Å²) in [7, 11) is 0. The van der Waals surface area contributed by atoms with Crippen molar-refractivity contribution in [2.75, 3.05) is 0 Å². The van der Waals surface area contributed by atoms with Crippen molar-refractivity contribution in [1.82, 2.24) is 9.97 Å². The van der Waals surface area contributed by atoms with Crippen LogP contribution in [-0.4, -0.2) is 9.97 Å². The van der Waals surface area contributed by atoms with E-state index in [0.29, 0.717) is 5.15 Å². The molecule has 2 nitrogen and oxygen atoms in total. The Labute approximate surface area is 195 Å². The van der Waals surface area contributed by atoms with Gasteiger partial charge in [-0.1, -0.05) is 84.4 Å². The van der Waals surface area contributed by atoms with E-state index < -0.39 is 0 Å². The van der Waals surface area contributed by atoms with Gasteiger partial charge in [-0.3, -0.25) is 0 Å². The summed E-state index contributed by atoms with van der Waals surface area (Å²) in [6.45, 7) is 0. The highest BCUT2D eigenvalue weighted by Crippen LogP contribution is 2.37. The van der Waals surface area contributed by atoms with Crippen LogP contribution in [0, 0.1) is 0 Å². The van der Waals surface area contributed by atoms with Crippen molar-refractivity contribution >= 4 is 55.6 Å². The molecule has 152 valence electrons. The molecule has 0 aliphatic carbocycles. The van der Waals surface area contributed by atoms with E-state index in [-0.39, 0.29) is 5.28 Å². The molecule has 32 heavy (non-hydrogen) atoms. The molecule has 0 aliphatic heterocycles. The van der Waals surface area contributed by atoms with Crippen molar-refractivity contribution in [3.8, 4) is 22.3 Å². The lowest BCUT2D eigenvalue weighted by Crippen LogP contribution is -1.92. The molecule has 6 aromatic rings. The maximum absolute atomic E-state index is 6.54. The largest absolute Gasteiger partial charge is 0.224 e. The van der Waals surface area contributed by atoms with Crippen LogP contribution < -0.4 is 0 Å². The summed E-state index contributed by atoms with van der Waals surface area (Å²) in [4.78, 5) is 8.74. The normalized spacial score (nSPS) is 11.4. The molecule has 0 bridgehead atoms. The van der Waals surface area contributed by atoms with Crippen LogP contribution in [-0.2, 0) is 0 Å². The van der Waals surface area contributed by atoms with Crippen molar-refractivity contribution in [1.29, 1.82) is 0 Å². The lowest BCUT2D eigenvalue weighted by molar-refractivity contribution is 1.22. The number of rotatable bonds is 2. The summed E-state index contributed by atoms with van der Waals surface area (Å²) in [6.07, 6.45) is 0. The Morgan fingerprint density at radius 1 is 0.500 bits per heavy atom. The van der Waals surface area contributed by atoms with Crippen LogP contribution in [0.4, 0.5) is 0 Å². The number of halogens is 2. The van der Waals surface area contributed by atoms with Crippen molar-refractivity contribution in [3.05, 3.63) is 107 Å². The molecule has 0 unspecified atom stereocenters. The van der Waals surface area contributed by atoms with Crippen LogP contribution in [0.15, 0.2) is 97.1 Å². The SMILES string of the molecule is Clc1nc(Cl)c2cc(-c3ccc4ccccc4c3)cc(-c3ccc4ccccc4c3)c2n1. The van der Waals surface area contributed by atoms with E-state index in [1.165, 1.54) is 21.5 Å². The Bertz CT molecular complexity index is 1660. The van der Waals surface area contributed by atoms with Gasteiger partial charge in [0.25, 0.3) is 0 Å². The molecule has 0 amide bonds. The second-order valence-electron chi connectivity index (χ2n) is 7.83. The number of nitrogens with zero attached hydrogens (tertiary/aromatic N) is 2. The van der Waals surface area contributed by atoms with Crippen molar-refractivity contribution < 1.29 is 0 Å². The van der Waals surface area contributed by atoms with Crippen molar-refractivity contribution in [2.24, 2.45) is 0 Å². The van der Waals surface area contributed by atoms with Crippen LogP contribution in [0.5, 0.6) is 0 Å². The molecule has 5 aromatic carbocycles. The van der Waals surface area contributed by atoms with Gasteiger partial charge < -0.3 is 0 Å². The van der Waals surface area contributed by atoms with E-state index >= 15 is 0 Å². The quantitative estimate of drug-likeness (QED) is 0.195. The molecule has 0 aliphatic rings.